The molecule has 1 aromatic carbocycles. The average molecular weight is 293 g/mol. The van der Waals surface area contributed by atoms with Crippen LogP contribution in [0.3, 0.4) is 0 Å². The molecular formula is C12H9ClN4O3. The largest absolute Gasteiger partial charge is 0.447 e. The minimum atomic E-state index is -0.585. The van der Waals surface area contributed by atoms with Gasteiger partial charge in [0.25, 0.3) is 0 Å². The average Bonchev–Trinajstić information content (AvgIpc) is 2.41. The summed E-state index contributed by atoms with van der Waals surface area (Å²) in [5.41, 5.74) is 5.31. The van der Waals surface area contributed by atoms with Gasteiger partial charge in [-0.15, -0.1) is 0 Å². The maximum Gasteiger partial charge on any atom is 0.313 e. The van der Waals surface area contributed by atoms with Gasteiger partial charge in [-0.1, -0.05) is 17.7 Å². The number of nitrogens with two attached hydrogens (primary N) is 1. The van der Waals surface area contributed by atoms with Gasteiger partial charge in [-0.05, 0) is 18.2 Å². The predicted molar refractivity (Wildman–Crippen MR) is 73.4 cm³/mol. The molecule has 0 radical (unpaired) electrons. The number of rotatable bonds is 4. The summed E-state index contributed by atoms with van der Waals surface area (Å²) in [6, 6.07) is 7.21. The van der Waals surface area contributed by atoms with Crippen LogP contribution in [0.1, 0.15) is 5.69 Å². The van der Waals surface area contributed by atoms with Crippen molar-refractivity contribution in [2.24, 2.45) is 5.73 Å². The number of pyridine rings is 1. The molecule has 0 aliphatic rings. The standard InChI is InChI=1S/C12H9ClN4O3/c13-8-2-1-3-10(17(18)19)11(8)20-7-4-5-9(12(14)15)16-6-7/h1-6H,(H3,14,15). The second kappa shape index (κ2) is 5.54. The van der Waals surface area contributed by atoms with E-state index in [2.05, 4.69) is 4.98 Å². The Morgan fingerprint density at radius 3 is 2.70 bits per heavy atom. The van der Waals surface area contributed by atoms with Crippen LogP contribution in [-0.2, 0) is 0 Å². The van der Waals surface area contributed by atoms with Crippen molar-refractivity contribution in [2.75, 3.05) is 0 Å². The highest BCUT2D eigenvalue weighted by molar-refractivity contribution is 6.32. The molecule has 0 amide bonds. The van der Waals surface area contributed by atoms with Crippen molar-refractivity contribution in [2.45, 2.75) is 0 Å². The molecule has 0 saturated heterocycles. The lowest BCUT2D eigenvalue weighted by molar-refractivity contribution is -0.385. The van der Waals surface area contributed by atoms with E-state index in [0.29, 0.717) is 0 Å². The molecule has 0 aliphatic heterocycles. The number of para-hydroxylation sites is 1. The second-order valence-electron chi connectivity index (χ2n) is 3.74. The highest BCUT2D eigenvalue weighted by Gasteiger charge is 2.19. The van der Waals surface area contributed by atoms with Gasteiger partial charge in [0.1, 0.15) is 17.3 Å². The third kappa shape index (κ3) is 2.83. The number of nitro groups is 1. The molecule has 102 valence electrons. The third-order valence-electron chi connectivity index (χ3n) is 2.38. The third-order valence-corrected chi connectivity index (χ3v) is 2.67. The number of ether oxygens (including phenoxy) is 1. The van der Waals surface area contributed by atoms with Crippen LogP contribution in [0.2, 0.25) is 5.02 Å². The minimum Gasteiger partial charge on any atom is -0.447 e. The van der Waals surface area contributed by atoms with E-state index in [-0.39, 0.29) is 33.7 Å². The van der Waals surface area contributed by atoms with Gasteiger partial charge in [-0.25, -0.2) is 4.98 Å². The highest BCUT2D eigenvalue weighted by atomic mass is 35.5. The van der Waals surface area contributed by atoms with E-state index in [1.54, 1.807) is 0 Å². The van der Waals surface area contributed by atoms with E-state index < -0.39 is 4.92 Å². The number of aromatic nitrogens is 1. The van der Waals surface area contributed by atoms with E-state index in [1.165, 1.54) is 36.5 Å². The lowest BCUT2D eigenvalue weighted by atomic mass is 10.3. The Bertz CT molecular complexity index is 673. The molecule has 3 N–H and O–H groups in total. The Morgan fingerprint density at radius 1 is 1.40 bits per heavy atom. The molecule has 0 unspecified atom stereocenters. The molecule has 8 heteroatoms. The number of nitrogen functional groups attached to an aromatic ring is 1. The van der Waals surface area contributed by atoms with Crippen LogP contribution in [0, 0.1) is 15.5 Å². The zero-order valence-electron chi connectivity index (χ0n) is 10.0. The molecule has 1 aromatic heterocycles. The summed E-state index contributed by atoms with van der Waals surface area (Å²) < 4.78 is 5.39. The smallest absolute Gasteiger partial charge is 0.313 e. The number of hydrogen-bond acceptors (Lipinski definition) is 5. The first-order chi connectivity index (χ1) is 9.49. The fraction of sp³-hybridized carbons (Fsp3) is 0. The first-order valence-corrected chi connectivity index (χ1v) is 5.78. The number of benzene rings is 1. The molecule has 0 fully saturated rings. The predicted octanol–water partition coefficient (Wildman–Crippen LogP) is 2.72. The molecule has 20 heavy (non-hydrogen) atoms. The van der Waals surface area contributed by atoms with E-state index >= 15 is 0 Å². The van der Waals surface area contributed by atoms with E-state index in [9.17, 15) is 10.1 Å². The van der Waals surface area contributed by atoms with Gasteiger partial charge in [0.05, 0.1) is 16.1 Å². The fourth-order valence-electron chi connectivity index (χ4n) is 1.46. The number of hydrogen-bond donors (Lipinski definition) is 2. The summed E-state index contributed by atoms with van der Waals surface area (Å²) in [6.45, 7) is 0. The van der Waals surface area contributed by atoms with Gasteiger partial charge in [-0.3, -0.25) is 15.5 Å². The monoisotopic (exact) mass is 292 g/mol. The lowest BCUT2D eigenvalue weighted by Gasteiger charge is -2.08. The van der Waals surface area contributed by atoms with Crippen LogP contribution >= 0.6 is 11.6 Å². The summed E-state index contributed by atoms with van der Waals surface area (Å²) in [5.74, 6) is 0.0167. The van der Waals surface area contributed by atoms with Gasteiger partial charge in [-0.2, -0.15) is 0 Å². The van der Waals surface area contributed by atoms with Gasteiger partial charge < -0.3 is 10.5 Å². The molecule has 2 rings (SSSR count). The Balaban J connectivity index is 2.34. The quantitative estimate of drug-likeness (QED) is 0.389. The summed E-state index contributed by atoms with van der Waals surface area (Å²) in [5, 5.41) is 18.3. The van der Waals surface area contributed by atoms with Gasteiger partial charge in [0.15, 0.2) is 0 Å². The maximum absolute atomic E-state index is 10.9. The van der Waals surface area contributed by atoms with Crippen LogP contribution in [0.15, 0.2) is 36.5 Å². The molecule has 2 aromatic rings. The number of nitrogens with zero attached hydrogens (tertiary/aromatic N) is 2. The Hall–Kier alpha value is -2.67. The normalized spacial score (nSPS) is 10.1. The van der Waals surface area contributed by atoms with Crippen molar-refractivity contribution in [1.82, 2.24) is 4.98 Å². The minimum absolute atomic E-state index is 0.0588. The molecule has 0 spiro atoms. The molecule has 7 nitrogen and oxygen atoms in total. The topological polar surface area (TPSA) is 115 Å². The maximum atomic E-state index is 10.9. The summed E-state index contributed by atoms with van der Waals surface area (Å²) >= 11 is 5.90. The Labute approximate surface area is 118 Å². The fourth-order valence-corrected chi connectivity index (χ4v) is 1.67. The van der Waals surface area contributed by atoms with E-state index in [4.69, 9.17) is 27.5 Å². The van der Waals surface area contributed by atoms with Crippen LogP contribution in [-0.4, -0.2) is 15.7 Å². The van der Waals surface area contributed by atoms with Crippen molar-refractivity contribution in [3.8, 4) is 11.5 Å². The zero-order chi connectivity index (χ0) is 14.7. The second-order valence-corrected chi connectivity index (χ2v) is 4.15. The van der Waals surface area contributed by atoms with Crippen molar-refractivity contribution in [1.29, 1.82) is 5.41 Å². The van der Waals surface area contributed by atoms with Crippen molar-refractivity contribution in [3.05, 3.63) is 57.4 Å². The van der Waals surface area contributed by atoms with Crippen LogP contribution < -0.4 is 10.5 Å². The molecule has 0 saturated carbocycles. The van der Waals surface area contributed by atoms with Gasteiger partial charge in [0.2, 0.25) is 5.75 Å². The number of nitrogens with one attached hydrogen (secondary N) is 1. The number of nitro benzene ring substituents is 1. The Kier molecular flexibility index (Phi) is 3.81. The zero-order valence-corrected chi connectivity index (χ0v) is 10.8. The van der Waals surface area contributed by atoms with Crippen LogP contribution in [0.5, 0.6) is 11.5 Å². The van der Waals surface area contributed by atoms with Crippen molar-refractivity contribution in [3.63, 3.8) is 0 Å². The molecule has 1 heterocycles. The SMILES string of the molecule is N=C(N)c1ccc(Oc2c(Cl)cccc2[N+](=O)[O-])cn1. The van der Waals surface area contributed by atoms with Crippen molar-refractivity contribution < 1.29 is 9.66 Å². The van der Waals surface area contributed by atoms with Crippen LogP contribution in [0.25, 0.3) is 0 Å². The van der Waals surface area contributed by atoms with Gasteiger partial charge in [0, 0.05) is 6.07 Å². The first-order valence-electron chi connectivity index (χ1n) is 5.40. The molecule has 0 atom stereocenters. The van der Waals surface area contributed by atoms with E-state index in [0.717, 1.165) is 0 Å². The Morgan fingerprint density at radius 2 is 2.15 bits per heavy atom. The van der Waals surface area contributed by atoms with Crippen molar-refractivity contribution >= 4 is 23.1 Å². The molecule has 0 aliphatic carbocycles. The lowest BCUT2D eigenvalue weighted by Crippen LogP contribution is -2.12. The first kappa shape index (κ1) is 13.8. The van der Waals surface area contributed by atoms with Crippen LogP contribution in [0.4, 0.5) is 5.69 Å². The highest BCUT2D eigenvalue weighted by Crippen LogP contribution is 2.37. The summed E-state index contributed by atoms with van der Waals surface area (Å²) in [6.07, 6.45) is 1.31. The van der Waals surface area contributed by atoms with E-state index in [1.807, 2.05) is 0 Å². The molecular weight excluding hydrogens is 284 g/mol. The van der Waals surface area contributed by atoms with Gasteiger partial charge >= 0.3 is 5.69 Å². The summed E-state index contributed by atoms with van der Waals surface area (Å²) in [7, 11) is 0. The number of amidine groups is 1. The molecule has 0 bridgehead atoms. The summed E-state index contributed by atoms with van der Waals surface area (Å²) in [4.78, 5) is 14.2. The number of halogens is 1.